The maximum atomic E-state index is 11.1. The molecule has 5 heteroatoms. The molecule has 0 fully saturated rings. The average molecular weight is 190 g/mol. The van der Waals surface area contributed by atoms with E-state index in [9.17, 15) is 9.59 Å². The van der Waals surface area contributed by atoms with Crippen LogP contribution in [0.15, 0.2) is 0 Å². The molecule has 0 aliphatic rings. The molecule has 76 valence electrons. The molecule has 0 saturated heterocycles. The zero-order chi connectivity index (χ0) is 10.3. The van der Waals surface area contributed by atoms with E-state index in [2.05, 4.69) is 9.47 Å². The van der Waals surface area contributed by atoms with Gasteiger partial charge in [-0.05, 0) is 13.8 Å². The molecule has 13 heavy (non-hydrogen) atoms. The average Bonchev–Trinajstić information content (AvgIpc) is 2.13. The van der Waals surface area contributed by atoms with Gasteiger partial charge in [0.25, 0.3) is 6.10 Å². The molecule has 1 atom stereocenters. The van der Waals surface area contributed by atoms with Crippen LogP contribution in [-0.4, -0.2) is 38.4 Å². The lowest BCUT2D eigenvalue weighted by atomic mass is 10.3. The van der Waals surface area contributed by atoms with Crippen molar-refractivity contribution in [2.75, 3.05) is 20.3 Å². The predicted molar refractivity (Wildman–Crippen MR) is 44.1 cm³/mol. The Hall–Kier alpha value is -1.10. The van der Waals surface area contributed by atoms with Crippen LogP contribution in [0.2, 0.25) is 0 Å². The summed E-state index contributed by atoms with van der Waals surface area (Å²) in [4.78, 5) is 22.1. The number of esters is 2. The molecule has 0 bridgehead atoms. The first-order valence-corrected chi connectivity index (χ1v) is 4.03. The summed E-state index contributed by atoms with van der Waals surface area (Å²) in [6.07, 6.45) is -1.25. The van der Waals surface area contributed by atoms with Gasteiger partial charge >= 0.3 is 11.9 Å². The van der Waals surface area contributed by atoms with Crippen LogP contribution in [0.5, 0.6) is 0 Å². The molecule has 0 aromatic rings. The van der Waals surface area contributed by atoms with Gasteiger partial charge in [-0.25, -0.2) is 9.59 Å². The van der Waals surface area contributed by atoms with Gasteiger partial charge in [0.15, 0.2) is 0 Å². The van der Waals surface area contributed by atoms with Crippen LogP contribution in [0.3, 0.4) is 0 Å². The van der Waals surface area contributed by atoms with E-state index in [0.717, 1.165) is 0 Å². The summed E-state index contributed by atoms with van der Waals surface area (Å²) in [6.45, 7) is 3.78. The first-order valence-electron chi connectivity index (χ1n) is 4.03. The molecule has 0 aliphatic carbocycles. The fraction of sp³-hybridized carbons (Fsp3) is 0.750. The highest BCUT2D eigenvalue weighted by Crippen LogP contribution is 1.98. The van der Waals surface area contributed by atoms with Crippen molar-refractivity contribution in [2.45, 2.75) is 20.0 Å². The van der Waals surface area contributed by atoms with Gasteiger partial charge in [-0.2, -0.15) is 0 Å². The van der Waals surface area contributed by atoms with Crippen LogP contribution in [0.1, 0.15) is 13.8 Å². The van der Waals surface area contributed by atoms with E-state index in [0.29, 0.717) is 0 Å². The van der Waals surface area contributed by atoms with Crippen LogP contribution < -0.4 is 0 Å². The minimum absolute atomic E-state index is 0.208. The van der Waals surface area contributed by atoms with E-state index in [1.807, 2.05) is 0 Å². The van der Waals surface area contributed by atoms with Crippen molar-refractivity contribution in [1.82, 2.24) is 0 Å². The van der Waals surface area contributed by atoms with E-state index in [1.54, 1.807) is 13.8 Å². The van der Waals surface area contributed by atoms with Crippen molar-refractivity contribution < 1.29 is 23.8 Å². The Kier molecular flexibility index (Phi) is 5.88. The third-order valence-electron chi connectivity index (χ3n) is 1.25. The van der Waals surface area contributed by atoms with Crippen LogP contribution in [-0.2, 0) is 23.8 Å². The van der Waals surface area contributed by atoms with Crippen molar-refractivity contribution in [2.24, 2.45) is 0 Å². The zero-order valence-electron chi connectivity index (χ0n) is 8.03. The summed E-state index contributed by atoms with van der Waals surface area (Å²) in [5, 5.41) is 0. The largest absolute Gasteiger partial charge is 0.467 e. The lowest BCUT2D eigenvalue weighted by molar-refractivity contribution is -0.171. The van der Waals surface area contributed by atoms with E-state index in [4.69, 9.17) is 4.74 Å². The third-order valence-corrected chi connectivity index (χ3v) is 1.25. The number of ether oxygens (including phenoxy) is 3. The molecular formula is C8H14O5. The van der Waals surface area contributed by atoms with Crippen LogP contribution >= 0.6 is 0 Å². The van der Waals surface area contributed by atoms with Crippen molar-refractivity contribution in [3.05, 3.63) is 0 Å². The molecule has 0 aromatic heterocycles. The van der Waals surface area contributed by atoms with Gasteiger partial charge < -0.3 is 14.2 Å². The van der Waals surface area contributed by atoms with Gasteiger partial charge in [-0.1, -0.05) is 0 Å². The first kappa shape index (κ1) is 11.9. The Labute approximate surface area is 77.0 Å². The topological polar surface area (TPSA) is 61.8 Å². The summed E-state index contributed by atoms with van der Waals surface area (Å²) in [7, 11) is 1.19. The highest BCUT2D eigenvalue weighted by atomic mass is 16.6. The van der Waals surface area contributed by atoms with Gasteiger partial charge in [0.2, 0.25) is 0 Å². The predicted octanol–water partition coefficient (Wildman–Crippen LogP) is 0.128. The van der Waals surface area contributed by atoms with E-state index >= 15 is 0 Å². The molecule has 0 amide bonds. The molecule has 0 aromatic carbocycles. The van der Waals surface area contributed by atoms with Gasteiger partial charge in [0.05, 0.1) is 13.7 Å². The van der Waals surface area contributed by atoms with Crippen molar-refractivity contribution in [3.63, 3.8) is 0 Å². The second-order valence-corrected chi connectivity index (χ2v) is 2.11. The SMILES string of the molecule is CCOC(=O)C(OCC)C(=O)OC. The zero-order valence-corrected chi connectivity index (χ0v) is 8.03. The number of carbonyl (C=O) groups is 2. The maximum Gasteiger partial charge on any atom is 0.347 e. The smallest absolute Gasteiger partial charge is 0.347 e. The molecule has 0 rings (SSSR count). The lowest BCUT2D eigenvalue weighted by Crippen LogP contribution is -2.35. The highest BCUT2D eigenvalue weighted by Gasteiger charge is 2.29. The van der Waals surface area contributed by atoms with Gasteiger partial charge in [-0.3, -0.25) is 0 Å². The Morgan fingerprint density at radius 3 is 2.15 bits per heavy atom. The van der Waals surface area contributed by atoms with Crippen LogP contribution in [0, 0.1) is 0 Å². The Morgan fingerprint density at radius 2 is 1.77 bits per heavy atom. The fourth-order valence-corrected chi connectivity index (χ4v) is 0.724. The molecule has 1 unspecified atom stereocenters. The molecule has 0 N–H and O–H groups in total. The normalized spacial score (nSPS) is 11.9. The number of methoxy groups -OCH3 is 1. The summed E-state index contributed by atoms with van der Waals surface area (Å²) in [5.41, 5.74) is 0. The second kappa shape index (κ2) is 6.42. The Morgan fingerprint density at radius 1 is 1.15 bits per heavy atom. The molecular weight excluding hydrogens is 176 g/mol. The molecule has 5 nitrogen and oxygen atoms in total. The first-order chi connectivity index (χ1) is 6.17. The lowest BCUT2D eigenvalue weighted by Gasteiger charge is -2.12. The fourth-order valence-electron chi connectivity index (χ4n) is 0.724. The standard InChI is InChI=1S/C8H14O5/c1-4-12-6(7(9)11-3)8(10)13-5-2/h6H,4-5H2,1-3H3. The Balaban J connectivity index is 4.22. The molecule has 0 saturated carbocycles. The summed E-state index contributed by atoms with van der Waals surface area (Å²) in [5.74, 6) is -1.45. The summed E-state index contributed by atoms with van der Waals surface area (Å²) < 4.78 is 13.8. The molecule has 0 aliphatic heterocycles. The van der Waals surface area contributed by atoms with E-state index in [-0.39, 0.29) is 13.2 Å². The van der Waals surface area contributed by atoms with Crippen molar-refractivity contribution in [1.29, 1.82) is 0 Å². The highest BCUT2D eigenvalue weighted by molar-refractivity contribution is 5.97. The quantitative estimate of drug-likeness (QED) is 0.455. The van der Waals surface area contributed by atoms with Crippen molar-refractivity contribution in [3.8, 4) is 0 Å². The number of hydrogen-bond acceptors (Lipinski definition) is 5. The third kappa shape index (κ3) is 3.89. The Bertz CT molecular complexity index is 177. The number of rotatable bonds is 5. The second-order valence-electron chi connectivity index (χ2n) is 2.11. The molecule has 0 heterocycles. The summed E-state index contributed by atoms with van der Waals surface area (Å²) in [6, 6.07) is 0. The monoisotopic (exact) mass is 190 g/mol. The number of carbonyl (C=O) groups excluding carboxylic acids is 2. The van der Waals surface area contributed by atoms with E-state index < -0.39 is 18.0 Å². The van der Waals surface area contributed by atoms with Crippen LogP contribution in [0.4, 0.5) is 0 Å². The number of hydrogen-bond donors (Lipinski definition) is 0. The van der Waals surface area contributed by atoms with Crippen molar-refractivity contribution >= 4 is 11.9 Å². The molecule has 0 radical (unpaired) electrons. The van der Waals surface area contributed by atoms with Gasteiger partial charge in [0.1, 0.15) is 0 Å². The van der Waals surface area contributed by atoms with Gasteiger partial charge in [-0.15, -0.1) is 0 Å². The van der Waals surface area contributed by atoms with Gasteiger partial charge in [0, 0.05) is 6.61 Å². The maximum absolute atomic E-state index is 11.1. The van der Waals surface area contributed by atoms with E-state index in [1.165, 1.54) is 7.11 Å². The minimum Gasteiger partial charge on any atom is -0.467 e. The minimum atomic E-state index is -1.25. The van der Waals surface area contributed by atoms with Crippen LogP contribution in [0.25, 0.3) is 0 Å². The summed E-state index contributed by atoms with van der Waals surface area (Å²) >= 11 is 0. The molecule has 0 spiro atoms.